The molecule has 2 aromatic heterocycles. The first kappa shape index (κ1) is 18.6. The van der Waals surface area contributed by atoms with Crippen LogP contribution in [0.2, 0.25) is 0 Å². The van der Waals surface area contributed by atoms with Crippen LogP contribution in [0, 0.1) is 3.95 Å². The molecule has 0 atom stereocenters. The van der Waals surface area contributed by atoms with Crippen molar-refractivity contribution in [2.24, 2.45) is 0 Å². The lowest BCUT2D eigenvalue weighted by Crippen LogP contribution is -2.46. The Kier molecular flexibility index (Phi) is 6.37. The van der Waals surface area contributed by atoms with Gasteiger partial charge in [0.1, 0.15) is 0 Å². The average molecular weight is 410 g/mol. The molecule has 1 saturated heterocycles. The summed E-state index contributed by atoms with van der Waals surface area (Å²) in [6.07, 6.45) is 6.57. The molecule has 0 spiro atoms. The van der Waals surface area contributed by atoms with Crippen molar-refractivity contribution in [1.29, 1.82) is 0 Å². The largest absolute Gasteiger partial charge is 0.357 e. The fraction of sp³-hybridized carbons (Fsp3) is 0.667. The predicted octanol–water partition coefficient (Wildman–Crippen LogP) is 4.26. The number of piperazine rings is 1. The molecule has 142 valence electrons. The Bertz CT molecular complexity index is 724. The second kappa shape index (κ2) is 8.93. The number of nitrogens with zero attached hydrogens (tertiary/aromatic N) is 4. The third-order valence-corrected chi connectivity index (χ3v) is 7.40. The number of hydrogen-bond acceptors (Lipinski definition) is 7. The van der Waals surface area contributed by atoms with Gasteiger partial charge in [0.2, 0.25) is 5.13 Å². The van der Waals surface area contributed by atoms with Crippen LogP contribution in [0.5, 0.6) is 0 Å². The van der Waals surface area contributed by atoms with Gasteiger partial charge >= 0.3 is 0 Å². The van der Waals surface area contributed by atoms with Gasteiger partial charge < -0.3 is 5.32 Å². The Morgan fingerprint density at radius 3 is 2.62 bits per heavy atom. The van der Waals surface area contributed by atoms with E-state index in [2.05, 4.69) is 32.6 Å². The highest BCUT2D eigenvalue weighted by molar-refractivity contribution is 7.73. The zero-order valence-corrected chi connectivity index (χ0v) is 17.6. The van der Waals surface area contributed by atoms with E-state index in [1.54, 1.807) is 11.3 Å². The average Bonchev–Trinajstić information content (AvgIpc) is 3.28. The van der Waals surface area contributed by atoms with Crippen molar-refractivity contribution < 1.29 is 0 Å². The fourth-order valence-electron chi connectivity index (χ4n) is 3.78. The molecule has 0 radical (unpaired) electrons. The number of hydrogen-bond donors (Lipinski definition) is 1. The quantitative estimate of drug-likeness (QED) is 0.722. The lowest BCUT2D eigenvalue weighted by atomic mass is 9.96. The minimum Gasteiger partial charge on any atom is -0.357 e. The van der Waals surface area contributed by atoms with Crippen molar-refractivity contribution in [3.63, 3.8) is 0 Å². The maximum absolute atomic E-state index is 5.55. The molecule has 1 N–H and O–H groups in total. The van der Waals surface area contributed by atoms with Crippen molar-refractivity contribution in [2.45, 2.75) is 51.4 Å². The van der Waals surface area contributed by atoms with Gasteiger partial charge in [0, 0.05) is 43.6 Å². The first-order valence-electron chi connectivity index (χ1n) is 9.58. The lowest BCUT2D eigenvalue weighted by molar-refractivity contribution is 0.0992. The summed E-state index contributed by atoms with van der Waals surface area (Å²) in [6, 6.07) is 4.95. The van der Waals surface area contributed by atoms with Crippen molar-refractivity contribution in [1.82, 2.24) is 19.6 Å². The summed E-state index contributed by atoms with van der Waals surface area (Å²) in [4.78, 5) is 6.46. The van der Waals surface area contributed by atoms with Crippen LogP contribution in [0.1, 0.15) is 37.0 Å². The Morgan fingerprint density at radius 1 is 1.12 bits per heavy atom. The number of rotatable bonds is 6. The minimum absolute atomic E-state index is 0.582. The van der Waals surface area contributed by atoms with Crippen LogP contribution in [0.15, 0.2) is 17.5 Å². The van der Waals surface area contributed by atoms with Gasteiger partial charge in [0.15, 0.2) is 3.95 Å². The summed E-state index contributed by atoms with van der Waals surface area (Å²) in [5.74, 6) is 0. The van der Waals surface area contributed by atoms with Gasteiger partial charge in [-0.05, 0) is 36.5 Å². The molecule has 3 heterocycles. The third-order valence-electron chi connectivity index (χ3n) is 5.30. The third kappa shape index (κ3) is 4.92. The molecule has 4 rings (SSSR count). The van der Waals surface area contributed by atoms with Crippen LogP contribution < -0.4 is 5.32 Å². The van der Waals surface area contributed by atoms with E-state index >= 15 is 0 Å². The molecular weight excluding hydrogens is 382 g/mol. The highest BCUT2D eigenvalue weighted by Crippen LogP contribution is 2.23. The zero-order valence-electron chi connectivity index (χ0n) is 15.1. The predicted molar refractivity (Wildman–Crippen MR) is 113 cm³/mol. The van der Waals surface area contributed by atoms with Gasteiger partial charge in [-0.15, -0.1) is 16.4 Å². The van der Waals surface area contributed by atoms with Crippen molar-refractivity contribution >= 4 is 40.0 Å². The molecule has 2 aliphatic rings. The summed E-state index contributed by atoms with van der Waals surface area (Å²) < 4.78 is 2.88. The van der Waals surface area contributed by atoms with Crippen molar-refractivity contribution in [3.8, 4) is 0 Å². The lowest BCUT2D eigenvalue weighted by Gasteiger charge is -2.34. The Labute approximate surface area is 168 Å². The number of nitrogens with one attached hydrogen (secondary N) is 1. The molecule has 1 aliphatic carbocycles. The summed E-state index contributed by atoms with van der Waals surface area (Å²) in [6.45, 7) is 6.28. The molecule has 1 saturated carbocycles. The van der Waals surface area contributed by atoms with Crippen LogP contribution in [-0.4, -0.2) is 51.8 Å². The SMILES string of the molecule is S=c1sc(NC2CCCCC2)nn1CN1CCN(Cc2cccs2)CC1. The van der Waals surface area contributed by atoms with Crippen molar-refractivity contribution in [3.05, 3.63) is 26.3 Å². The van der Waals surface area contributed by atoms with Crippen LogP contribution in [0.4, 0.5) is 5.13 Å². The molecule has 0 bridgehead atoms. The molecule has 8 heteroatoms. The number of aromatic nitrogens is 2. The second-order valence-corrected chi connectivity index (χ2v) is 9.92. The number of anilines is 1. The van der Waals surface area contributed by atoms with Gasteiger partial charge in [-0.2, -0.15) is 0 Å². The van der Waals surface area contributed by atoms with E-state index in [1.807, 2.05) is 16.0 Å². The van der Waals surface area contributed by atoms with Crippen LogP contribution >= 0.6 is 34.9 Å². The first-order chi connectivity index (χ1) is 12.8. The standard InChI is InChI=1S/C18H27N5S3/c24-18-23(20-17(26-18)19-15-5-2-1-3-6-15)14-22-10-8-21(9-11-22)13-16-7-4-12-25-16/h4,7,12,15H,1-3,5-6,8-11,13-14H2,(H,19,20). The Morgan fingerprint density at radius 2 is 1.88 bits per heavy atom. The van der Waals surface area contributed by atoms with Gasteiger partial charge in [-0.1, -0.05) is 36.7 Å². The van der Waals surface area contributed by atoms with Crippen LogP contribution in [0.3, 0.4) is 0 Å². The van der Waals surface area contributed by atoms with Crippen LogP contribution in [0.25, 0.3) is 0 Å². The molecule has 1 aliphatic heterocycles. The Balaban J connectivity index is 1.27. The minimum atomic E-state index is 0.582. The second-order valence-electron chi connectivity index (χ2n) is 7.27. The summed E-state index contributed by atoms with van der Waals surface area (Å²) in [5.41, 5.74) is 0. The zero-order chi connectivity index (χ0) is 17.8. The van der Waals surface area contributed by atoms with Gasteiger partial charge in [-0.3, -0.25) is 9.80 Å². The van der Waals surface area contributed by atoms with E-state index < -0.39 is 0 Å². The molecule has 5 nitrogen and oxygen atoms in total. The highest BCUT2D eigenvalue weighted by Gasteiger charge is 2.19. The molecule has 0 amide bonds. The van der Waals surface area contributed by atoms with E-state index in [9.17, 15) is 0 Å². The smallest absolute Gasteiger partial charge is 0.204 e. The van der Waals surface area contributed by atoms with E-state index in [4.69, 9.17) is 17.3 Å². The maximum atomic E-state index is 5.55. The topological polar surface area (TPSA) is 36.3 Å². The Hall–Kier alpha value is -0.800. The maximum Gasteiger partial charge on any atom is 0.204 e. The summed E-state index contributed by atoms with van der Waals surface area (Å²) in [7, 11) is 0. The normalized spacial score (nSPS) is 20.5. The highest BCUT2D eigenvalue weighted by atomic mass is 32.1. The summed E-state index contributed by atoms with van der Waals surface area (Å²) in [5, 5.41) is 11.5. The fourth-order valence-corrected chi connectivity index (χ4v) is 5.59. The molecule has 26 heavy (non-hydrogen) atoms. The van der Waals surface area contributed by atoms with Gasteiger partial charge in [-0.25, -0.2) is 4.68 Å². The molecule has 2 fully saturated rings. The van der Waals surface area contributed by atoms with E-state index in [1.165, 1.54) is 37.0 Å². The van der Waals surface area contributed by atoms with E-state index in [-0.39, 0.29) is 0 Å². The van der Waals surface area contributed by atoms with E-state index in [0.717, 1.165) is 48.5 Å². The molecule has 2 aromatic rings. The molecular formula is C18H27N5S3. The van der Waals surface area contributed by atoms with Crippen LogP contribution in [-0.2, 0) is 13.2 Å². The van der Waals surface area contributed by atoms with Gasteiger partial charge in [0.05, 0.1) is 6.67 Å². The molecule has 0 aromatic carbocycles. The molecule has 0 unspecified atom stereocenters. The number of thiophene rings is 1. The summed E-state index contributed by atoms with van der Waals surface area (Å²) >= 11 is 9.02. The van der Waals surface area contributed by atoms with E-state index in [0.29, 0.717) is 6.04 Å². The monoisotopic (exact) mass is 409 g/mol. The first-order valence-corrected chi connectivity index (χ1v) is 11.7. The van der Waals surface area contributed by atoms with Gasteiger partial charge in [0.25, 0.3) is 0 Å². The van der Waals surface area contributed by atoms with Crippen molar-refractivity contribution in [2.75, 3.05) is 31.5 Å².